The SMILES string of the molecule is CC1(C)CCN(c2ncccc2/C=C/C(=O)O)C1. The first kappa shape index (κ1) is 12.6. The van der Waals surface area contributed by atoms with Crippen LogP contribution in [0.2, 0.25) is 0 Å². The Labute approximate surface area is 107 Å². The van der Waals surface area contributed by atoms with E-state index in [9.17, 15) is 4.79 Å². The molecule has 1 saturated heterocycles. The van der Waals surface area contributed by atoms with Crippen molar-refractivity contribution in [3.63, 3.8) is 0 Å². The van der Waals surface area contributed by atoms with Crippen molar-refractivity contribution in [3.05, 3.63) is 30.0 Å². The molecule has 2 heterocycles. The number of carbonyl (C=O) groups is 1. The molecule has 0 bridgehead atoms. The molecule has 4 heteroatoms. The summed E-state index contributed by atoms with van der Waals surface area (Å²) in [5.74, 6) is -0.0628. The third-order valence-electron chi connectivity index (χ3n) is 3.20. The first-order valence-electron chi connectivity index (χ1n) is 6.09. The molecule has 96 valence electrons. The lowest BCUT2D eigenvalue weighted by Gasteiger charge is -2.22. The Bertz CT molecular complexity index is 480. The number of aromatic nitrogens is 1. The van der Waals surface area contributed by atoms with Gasteiger partial charge in [-0.05, 0) is 30.0 Å². The minimum absolute atomic E-state index is 0.297. The first-order valence-corrected chi connectivity index (χ1v) is 6.09. The molecule has 1 fully saturated rings. The molecule has 0 saturated carbocycles. The Kier molecular flexibility index (Phi) is 3.36. The molecular weight excluding hydrogens is 228 g/mol. The number of rotatable bonds is 3. The molecule has 4 nitrogen and oxygen atoms in total. The van der Waals surface area contributed by atoms with E-state index in [0.29, 0.717) is 5.41 Å². The van der Waals surface area contributed by atoms with Crippen molar-refractivity contribution in [2.24, 2.45) is 5.41 Å². The standard InChI is InChI=1S/C14H18N2O2/c1-14(2)7-9-16(10-14)13-11(4-3-8-15-13)5-6-12(17)18/h3-6,8H,7,9-10H2,1-2H3,(H,17,18)/b6-5+. The van der Waals surface area contributed by atoms with Gasteiger partial charge in [0.1, 0.15) is 5.82 Å². The molecule has 0 aromatic carbocycles. The Hall–Kier alpha value is -1.84. The zero-order valence-electron chi connectivity index (χ0n) is 10.8. The van der Waals surface area contributed by atoms with Crippen LogP contribution in [-0.4, -0.2) is 29.1 Å². The molecule has 0 spiro atoms. The monoisotopic (exact) mass is 246 g/mol. The van der Waals surface area contributed by atoms with Gasteiger partial charge in [-0.2, -0.15) is 0 Å². The van der Waals surface area contributed by atoms with E-state index in [1.165, 1.54) is 0 Å². The molecule has 0 unspecified atom stereocenters. The minimum atomic E-state index is -0.938. The van der Waals surface area contributed by atoms with Gasteiger partial charge in [0.15, 0.2) is 0 Å². The van der Waals surface area contributed by atoms with Crippen LogP contribution < -0.4 is 4.90 Å². The van der Waals surface area contributed by atoms with Crippen LogP contribution in [0.1, 0.15) is 25.8 Å². The summed E-state index contributed by atoms with van der Waals surface area (Å²) in [5.41, 5.74) is 1.16. The molecule has 0 radical (unpaired) electrons. The Morgan fingerprint density at radius 3 is 2.94 bits per heavy atom. The number of hydrogen-bond acceptors (Lipinski definition) is 3. The number of nitrogens with zero attached hydrogens (tertiary/aromatic N) is 2. The summed E-state index contributed by atoms with van der Waals surface area (Å²) in [6, 6.07) is 3.72. The van der Waals surface area contributed by atoms with Crippen molar-refractivity contribution in [3.8, 4) is 0 Å². The van der Waals surface area contributed by atoms with E-state index < -0.39 is 5.97 Å². The highest BCUT2D eigenvalue weighted by molar-refractivity contribution is 5.86. The van der Waals surface area contributed by atoms with Crippen molar-refractivity contribution < 1.29 is 9.90 Å². The van der Waals surface area contributed by atoms with Gasteiger partial charge in [-0.25, -0.2) is 9.78 Å². The topological polar surface area (TPSA) is 53.4 Å². The lowest BCUT2D eigenvalue weighted by atomic mass is 9.93. The number of carboxylic acids is 1. The molecule has 0 aliphatic carbocycles. The van der Waals surface area contributed by atoms with Crippen molar-refractivity contribution in [2.75, 3.05) is 18.0 Å². The minimum Gasteiger partial charge on any atom is -0.478 e. The molecule has 1 aromatic heterocycles. The fourth-order valence-electron chi connectivity index (χ4n) is 2.26. The van der Waals surface area contributed by atoms with Crippen LogP contribution in [0.5, 0.6) is 0 Å². The van der Waals surface area contributed by atoms with Crippen LogP contribution in [0.15, 0.2) is 24.4 Å². The van der Waals surface area contributed by atoms with Gasteiger partial charge in [0.2, 0.25) is 0 Å². The molecular formula is C14H18N2O2. The lowest BCUT2D eigenvalue weighted by Crippen LogP contribution is -2.24. The number of carboxylic acid groups (broad SMARTS) is 1. The van der Waals surface area contributed by atoms with E-state index >= 15 is 0 Å². The molecule has 18 heavy (non-hydrogen) atoms. The largest absolute Gasteiger partial charge is 0.478 e. The molecule has 1 N–H and O–H groups in total. The van der Waals surface area contributed by atoms with Gasteiger partial charge in [-0.15, -0.1) is 0 Å². The summed E-state index contributed by atoms with van der Waals surface area (Å²) < 4.78 is 0. The predicted molar refractivity (Wildman–Crippen MR) is 71.5 cm³/mol. The average Bonchev–Trinajstić information content (AvgIpc) is 2.67. The maximum absolute atomic E-state index is 10.6. The second kappa shape index (κ2) is 4.80. The fourth-order valence-corrected chi connectivity index (χ4v) is 2.26. The summed E-state index contributed by atoms with van der Waals surface area (Å²) in [6.07, 6.45) is 5.64. The smallest absolute Gasteiger partial charge is 0.328 e. The molecule has 1 aliphatic rings. The number of anilines is 1. The van der Waals surface area contributed by atoms with Crippen molar-refractivity contribution in [2.45, 2.75) is 20.3 Å². The van der Waals surface area contributed by atoms with Crippen LogP contribution in [0.4, 0.5) is 5.82 Å². The normalized spacial score (nSPS) is 18.4. The highest BCUT2D eigenvalue weighted by atomic mass is 16.4. The highest BCUT2D eigenvalue weighted by Gasteiger charge is 2.30. The van der Waals surface area contributed by atoms with Crippen LogP contribution in [0.3, 0.4) is 0 Å². The molecule has 1 aliphatic heterocycles. The summed E-state index contributed by atoms with van der Waals surface area (Å²) >= 11 is 0. The van der Waals surface area contributed by atoms with Gasteiger partial charge in [-0.1, -0.05) is 13.8 Å². The maximum atomic E-state index is 10.6. The van der Waals surface area contributed by atoms with Crippen molar-refractivity contribution in [1.29, 1.82) is 0 Å². The summed E-state index contributed by atoms with van der Waals surface area (Å²) in [4.78, 5) is 17.2. The average molecular weight is 246 g/mol. The Morgan fingerprint density at radius 1 is 1.56 bits per heavy atom. The molecule has 0 atom stereocenters. The second-order valence-electron chi connectivity index (χ2n) is 5.42. The Morgan fingerprint density at radius 2 is 2.33 bits per heavy atom. The van der Waals surface area contributed by atoms with Gasteiger partial charge in [0.25, 0.3) is 0 Å². The summed E-state index contributed by atoms with van der Waals surface area (Å²) in [7, 11) is 0. The summed E-state index contributed by atoms with van der Waals surface area (Å²) in [6.45, 7) is 6.40. The van der Waals surface area contributed by atoms with E-state index in [4.69, 9.17) is 5.11 Å². The fraction of sp³-hybridized carbons (Fsp3) is 0.429. The summed E-state index contributed by atoms with van der Waals surface area (Å²) in [5, 5.41) is 8.69. The zero-order chi connectivity index (χ0) is 13.2. The number of pyridine rings is 1. The van der Waals surface area contributed by atoms with Gasteiger partial charge in [0.05, 0.1) is 0 Å². The highest BCUT2D eigenvalue weighted by Crippen LogP contribution is 2.33. The van der Waals surface area contributed by atoms with E-state index in [-0.39, 0.29) is 0 Å². The predicted octanol–water partition coefficient (Wildman–Crippen LogP) is 2.42. The van der Waals surface area contributed by atoms with Crippen molar-refractivity contribution in [1.82, 2.24) is 4.98 Å². The van der Waals surface area contributed by atoms with Gasteiger partial charge >= 0.3 is 5.97 Å². The van der Waals surface area contributed by atoms with Gasteiger partial charge in [-0.3, -0.25) is 0 Å². The van der Waals surface area contributed by atoms with Gasteiger partial charge < -0.3 is 10.0 Å². The van der Waals surface area contributed by atoms with E-state index in [1.54, 1.807) is 12.3 Å². The first-order chi connectivity index (χ1) is 8.48. The van der Waals surface area contributed by atoms with E-state index in [0.717, 1.165) is 37.0 Å². The van der Waals surface area contributed by atoms with Crippen LogP contribution in [0, 0.1) is 5.41 Å². The van der Waals surface area contributed by atoms with Crippen LogP contribution in [0.25, 0.3) is 6.08 Å². The number of hydrogen-bond donors (Lipinski definition) is 1. The quantitative estimate of drug-likeness (QED) is 0.832. The Balaban J connectivity index is 2.26. The van der Waals surface area contributed by atoms with Crippen molar-refractivity contribution >= 4 is 17.9 Å². The van der Waals surface area contributed by atoms with Gasteiger partial charge in [0, 0.05) is 30.9 Å². The maximum Gasteiger partial charge on any atom is 0.328 e. The third kappa shape index (κ3) is 2.88. The third-order valence-corrected chi connectivity index (χ3v) is 3.20. The second-order valence-corrected chi connectivity index (χ2v) is 5.42. The molecule has 2 rings (SSSR count). The molecule has 0 amide bonds. The molecule has 1 aromatic rings. The van der Waals surface area contributed by atoms with Crippen LogP contribution in [-0.2, 0) is 4.79 Å². The zero-order valence-corrected chi connectivity index (χ0v) is 10.8. The number of aliphatic carboxylic acids is 1. The van der Waals surface area contributed by atoms with Crippen LogP contribution >= 0.6 is 0 Å². The lowest BCUT2D eigenvalue weighted by molar-refractivity contribution is -0.131. The van der Waals surface area contributed by atoms with E-state index in [1.807, 2.05) is 12.1 Å². The van der Waals surface area contributed by atoms with E-state index in [2.05, 4.69) is 23.7 Å².